The van der Waals surface area contributed by atoms with Crippen molar-refractivity contribution in [3.05, 3.63) is 40.9 Å². The van der Waals surface area contributed by atoms with E-state index in [1.165, 1.54) is 5.57 Å². The molecule has 0 unspecified atom stereocenters. The molecule has 3 heteroatoms. The number of rotatable bonds is 3. The smallest absolute Gasteiger partial charge is 0.0410 e. The largest absolute Gasteiger partial charge is 0.122 e. The average Bonchev–Trinajstić information content (AvgIpc) is 2.16. The Kier molecular flexibility index (Phi) is 4.86. The summed E-state index contributed by atoms with van der Waals surface area (Å²) in [5.74, 6) is 0.531. The van der Waals surface area contributed by atoms with Crippen LogP contribution in [0.15, 0.2) is 30.3 Å². The molecule has 0 radical (unpaired) electrons. The highest BCUT2D eigenvalue weighted by Gasteiger charge is 1.98. The molecule has 0 aliphatic heterocycles. The summed E-state index contributed by atoms with van der Waals surface area (Å²) in [7, 11) is 0. The van der Waals surface area contributed by atoms with Crippen molar-refractivity contribution in [2.24, 2.45) is 0 Å². The Morgan fingerprint density at radius 2 is 1.92 bits per heavy atom. The molecule has 1 rings (SSSR count). The molecule has 1 aromatic carbocycles. The van der Waals surface area contributed by atoms with Crippen molar-refractivity contribution in [1.82, 2.24) is 0 Å². The van der Waals surface area contributed by atoms with Crippen LogP contribution in [0.3, 0.4) is 0 Å². The highest BCUT2D eigenvalue weighted by Crippen LogP contribution is 2.19. The molecule has 0 aromatic heterocycles. The van der Waals surface area contributed by atoms with Crippen LogP contribution in [-0.4, -0.2) is 11.2 Å². The van der Waals surface area contributed by atoms with Crippen molar-refractivity contribution in [2.75, 3.05) is 11.2 Å². The Labute approximate surface area is 96.7 Å². The van der Waals surface area contributed by atoms with Crippen LogP contribution in [0.5, 0.6) is 0 Å². The zero-order chi connectivity index (χ0) is 9.68. The summed E-state index contributed by atoms with van der Waals surface area (Å²) >= 11 is 14.8. The van der Waals surface area contributed by atoms with Crippen molar-refractivity contribution in [1.29, 1.82) is 0 Å². The van der Waals surface area contributed by atoms with E-state index in [4.69, 9.17) is 23.2 Å². The van der Waals surface area contributed by atoms with Crippen molar-refractivity contribution < 1.29 is 0 Å². The van der Waals surface area contributed by atoms with Crippen LogP contribution in [0.2, 0.25) is 5.02 Å². The van der Waals surface area contributed by atoms with Gasteiger partial charge in [0.05, 0.1) is 0 Å². The first-order valence-electron chi connectivity index (χ1n) is 3.85. The zero-order valence-corrected chi connectivity index (χ0v) is 10.0. The van der Waals surface area contributed by atoms with Crippen LogP contribution in [-0.2, 0) is 0 Å². The van der Waals surface area contributed by atoms with Gasteiger partial charge < -0.3 is 0 Å². The van der Waals surface area contributed by atoms with E-state index < -0.39 is 0 Å². The van der Waals surface area contributed by atoms with Crippen LogP contribution in [0.4, 0.5) is 0 Å². The Hall–Kier alpha value is 0.0200. The quantitative estimate of drug-likeness (QED) is 0.722. The number of alkyl halides is 2. The molecular weight excluding hydrogens is 271 g/mol. The second-order valence-corrected chi connectivity index (χ2v) is 3.83. The number of hydrogen-bond donors (Lipinski definition) is 0. The third-order valence-electron chi connectivity index (χ3n) is 1.68. The van der Waals surface area contributed by atoms with E-state index in [1.54, 1.807) is 0 Å². The zero-order valence-electron chi connectivity index (χ0n) is 6.93. The van der Waals surface area contributed by atoms with Crippen molar-refractivity contribution >= 4 is 44.7 Å². The summed E-state index contributed by atoms with van der Waals surface area (Å²) in [4.78, 5) is 0. The van der Waals surface area contributed by atoms with Gasteiger partial charge in [-0.1, -0.05) is 45.7 Å². The van der Waals surface area contributed by atoms with Crippen LogP contribution in [0.25, 0.3) is 5.57 Å². The van der Waals surface area contributed by atoms with Gasteiger partial charge >= 0.3 is 0 Å². The Bertz CT molecular complexity index is 290. The van der Waals surface area contributed by atoms with Crippen LogP contribution >= 0.6 is 39.1 Å². The lowest BCUT2D eigenvalue weighted by Gasteiger charge is -2.03. The van der Waals surface area contributed by atoms with Gasteiger partial charge in [0.15, 0.2) is 0 Å². The standard InChI is InChI=1S/C10H9BrCl2/c11-7-9(5-6-12)8-1-3-10(13)4-2-8/h1-5H,6-7H2. The van der Waals surface area contributed by atoms with Crippen LogP contribution < -0.4 is 0 Å². The molecule has 0 aliphatic rings. The highest BCUT2D eigenvalue weighted by molar-refractivity contribution is 9.09. The van der Waals surface area contributed by atoms with Crippen LogP contribution in [0, 0.1) is 0 Å². The van der Waals surface area contributed by atoms with E-state index in [-0.39, 0.29) is 0 Å². The van der Waals surface area contributed by atoms with Gasteiger partial charge in [-0.3, -0.25) is 0 Å². The molecule has 0 nitrogen and oxygen atoms in total. The van der Waals surface area contributed by atoms with Gasteiger partial charge in [0.2, 0.25) is 0 Å². The van der Waals surface area contributed by atoms with Crippen molar-refractivity contribution in [2.45, 2.75) is 0 Å². The molecular formula is C10H9BrCl2. The molecule has 0 fully saturated rings. The summed E-state index contributed by atoms with van der Waals surface area (Å²) in [6.07, 6.45) is 1.99. The molecule has 1 aromatic rings. The minimum atomic E-state index is 0.531. The van der Waals surface area contributed by atoms with Gasteiger partial charge in [0, 0.05) is 16.2 Å². The minimum Gasteiger partial charge on any atom is -0.122 e. The average molecular weight is 280 g/mol. The summed E-state index contributed by atoms with van der Waals surface area (Å²) in [6, 6.07) is 7.73. The van der Waals surface area contributed by atoms with Gasteiger partial charge in [-0.2, -0.15) is 0 Å². The molecule has 0 bridgehead atoms. The number of halogens is 3. The molecule has 0 spiro atoms. The normalized spacial score (nSPS) is 11.8. The Morgan fingerprint density at radius 1 is 1.31 bits per heavy atom. The molecule has 0 N–H and O–H groups in total. The Morgan fingerprint density at radius 3 is 2.38 bits per heavy atom. The summed E-state index contributed by atoms with van der Waals surface area (Å²) in [5.41, 5.74) is 2.34. The Balaban J connectivity index is 2.92. The van der Waals surface area contributed by atoms with E-state index in [1.807, 2.05) is 30.3 Å². The maximum atomic E-state index is 5.78. The maximum Gasteiger partial charge on any atom is 0.0410 e. The molecule has 70 valence electrons. The predicted octanol–water partition coefficient (Wildman–Crippen LogP) is 4.36. The lowest BCUT2D eigenvalue weighted by Crippen LogP contribution is -1.85. The third-order valence-corrected chi connectivity index (χ3v) is 2.69. The molecule has 0 saturated heterocycles. The first-order valence-corrected chi connectivity index (χ1v) is 5.88. The van der Waals surface area contributed by atoms with Gasteiger partial charge in [0.25, 0.3) is 0 Å². The fourth-order valence-corrected chi connectivity index (χ4v) is 1.87. The summed E-state index contributed by atoms with van der Waals surface area (Å²) < 4.78 is 0. The van der Waals surface area contributed by atoms with Crippen molar-refractivity contribution in [3.63, 3.8) is 0 Å². The van der Waals surface area contributed by atoms with Gasteiger partial charge in [-0.15, -0.1) is 11.6 Å². The van der Waals surface area contributed by atoms with Gasteiger partial charge in [0.1, 0.15) is 0 Å². The van der Waals surface area contributed by atoms with Crippen molar-refractivity contribution in [3.8, 4) is 0 Å². The van der Waals surface area contributed by atoms with E-state index in [9.17, 15) is 0 Å². The first-order chi connectivity index (χ1) is 6.27. The second-order valence-electron chi connectivity index (χ2n) is 2.52. The van der Waals surface area contributed by atoms with E-state index >= 15 is 0 Å². The fourth-order valence-electron chi connectivity index (χ4n) is 1.01. The minimum absolute atomic E-state index is 0.531. The fraction of sp³-hybridized carbons (Fsp3) is 0.200. The topological polar surface area (TPSA) is 0 Å². The van der Waals surface area contributed by atoms with Crippen LogP contribution in [0.1, 0.15) is 5.56 Å². The number of allylic oxidation sites excluding steroid dienone is 2. The van der Waals surface area contributed by atoms with E-state index in [2.05, 4.69) is 15.9 Å². The van der Waals surface area contributed by atoms with Gasteiger partial charge in [-0.25, -0.2) is 0 Å². The maximum absolute atomic E-state index is 5.78. The molecule has 0 atom stereocenters. The van der Waals surface area contributed by atoms with E-state index in [0.29, 0.717) is 5.88 Å². The molecule has 0 amide bonds. The van der Waals surface area contributed by atoms with Gasteiger partial charge in [-0.05, 0) is 23.3 Å². The number of benzene rings is 1. The third kappa shape index (κ3) is 3.34. The summed E-state index contributed by atoms with van der Waals surface area (Å²) in [5, 5.41) is 1.56. The number of hydrogen-bond acceptors (Lipinski definition) is 0. The lowest BCUT2D eigenvalue weighted by molar-refractivity contribution is 1.56. The molecule has 0 aliphatic carbocycles. The monoisotopic (exact) mass is 278 g/mol. The van der Waals surface area contributed by atoms with E-state index in [0.717, 1.165) is 15.9 Å². The lowest BCUT2D eigenvalue weighted by atomic mass is 10.1. The molecule has 13 heavy (non-hydrogen) atoms. The SMILES string of the molecule is ClCC=C(CBr)c1ccc(Cl)cc1. The predicted molar refractivity (Wildman–Crippen MR) is 63.9 cm³/mol. The second kappa shape index (κ2) is 5.69. The molecule has 0 heterocycles. The summed E-state index contributed by atoms with van der Waals surface area (Å²) in [6.45, 7) is 0. The molecule has 0 saturated carbocycles. The first kappa shape index (κ1) is 11.1. The highest BCUT2D eigenvalue weighted by atomic mass is 79.9.